The van der Waals surface area contributed by atoms with Crippen LogP contribution in [0.25, 0.3) is 11.8 Å². The number of nitrogens with one attached hydrogen (secondary N) is 1. The van der Waals surface area contributed by atoms with Crippen molar-refractivity contribution in [3.05, 3.63) is 89.9 Å². The van der Waals surface area contributed by atoms with Gasteiger partial charge < -0.3 is 4.57 Å². The van der Waals surface area contributed by atoms with Gasteiger partial charge in [0.2, 0.25) is 10.0 Å². The topological polar surface area (TPSA) is 64.0 Å². The molecule has 0 aliphatic carbocycles. The third-order valence-electron chi connectivity index (χ3n) is 3.48. The molecule has 122 valence electrons. The lowest BCUT2D eigenvalue weighted by Gasteiger charge is -2.10. The summed E-state index contributed by atoms with van der Waals surface area (Å²) in [6.07, 6.45) is 6.76. The molecule has 0 amide bonds. The number of nitrogens with zero attached hydrogens (tertiary/aromatic N) is 2. The molecule has 3 aromatic rings. The average Bonchev–Trinajstić information content (AvgIpc) is 3.14. The quantitative estimate of drug-likeness (QED) is 0.751. The highest BCUT2D eigenvalue weighted by atomic mass is 32.2. The summed E-state index contributed by atoms with van der Waals surface area (Å²) in [7, 11) is -3.52. The zero-order valence-electron chi connectivity index (χ0n) is 12.9. The monoisotopic (exact) mass is 339 g/mol. The third kappa shape index (κ3) is 4.18. The van der Waals surface area contributed by atoms with Crippen LogP contribution in [0, 0.1) is 0 Å². The molecule has 0 bridgehead atoms. The van der Waals surface area contributed by atoms with Gasteiger partial charge in [0.1, 0.15) is 0 Å². The van der Waals surface area contributed by atoms with Gasteiger partial charge in [0.25, 0.3) is 0 Å². The van der Waals surface area contributed by atoms with Gasteiger partial charge in [0.15, 0.2) is 0 Å². The van der Waals surface area contributed by atoms with Crippen molar-refractivity contribution in [1.82, 2.24) is 14.3 Å². The molecule has 2 aromatic carbocycles. The van der Waals surface area contributed by atoms with Gasteiger partial charge in [-0.25, -0.2) is 18.1 Å². The van der Waals surface area contributed by atoms with Crippen LogP contribution < -0.4 is 4.72 Å². The van der Waals surface area contributed by atoms with Crippen molar-refractivity contribution in [3.63, 3.8) is 0 Å². The molecule has 0 aliphatic heterocycles. The van der Waals surface area contributed by atoms with Gasteiger partial charge in [0, 0.05) is 24.3 Å². The number of hydrogen-bond donors (Lipinski definition) is 1. The highest BCUT2D eigenvalue weighted by Gasteiger charge is 2.08. The summed E-state index contributed by atoms with van der Waals surface area (Å²) in [5.41, 5.74) is 2.60. The fourth-order valence-corrected chi connectivity index (χ4v) is 3.06. The van der Waals surface area contributed by atoms with E-state index < -0.39 is 10.0 Å². The van der Waals surface area contributed by atoms with E-state index >= 15 is 0 Å². The maximum absolute atomic E-state index is 12.2. The van der Waals surface area contributed by atoms with Gasteiger partial charge in [-0.05, 0) is 23.3 Å². The van der Waals surface area contributed by atoms with E-state index in [2.05, 4.69) is 9.71 Å². The number of aromatic nitrogens is 2. The maximum Gasteiger partial charge on any atom is 0.234 e. The van der Waals surface area contributed by atoms with Gasteiger partial charge in [-0.2, -0.15) is 0 Å². The fourth-order valence-electron chi connectivity index (χ4n) is 2.27. The highest BCUT2D eigenvalue weighted by Crippen LogP contribution is 2.14. The van der Waals surface area contributed by atoms with E-state index in [-0.39, 0.29) is 6.54 Å². The molecule has 5 nitrogen and oxygen atoms in total. The van der Waals surface area contributed by atoms with E-state index in [0.717, 1.165) is 16.8 Å². The molecule has 0 aliphatic rings. The Hall–Kier alpha value is -2.70. The van der Waals surface area contributed by atoms with Crippen LogP contribution >= 0.6 is 0 Å². The molecule has 0 spiro atoms. The lowest BCUT2D eigenvalue weighted by molar-refractivity contribution is 0.590. The Morgan fingerprint density at radius 2 is 1.79 bits per heavy atom. The molecule has 1 N–H and O–H groups in total. The summed E-state index contributed by atoms with van der Waals surface area (Å²) >= 11 is 0. The molecule has 1 heterocycles. The van der Waals surface area contributed by atoms with E-state index in [4.69, 9.17) is 0 Å². The third-order valence-corrected chi connectivity index (χ3v) is 4.52. The van der Waals surface area contributed by atoms with Crippen molar-refractivity contribution in [2.45, 2.75) is 6.54 Å². The van der Waals surface area contributed by atoms with E-state index in [1.165, 1.54) is 5.41 Å². The first kappa shape index (κ1) is 16.2. The van der Waals surface area contributed by atoms with E-state index in [0.29, 0.717) is 0 Å². The van der Waals surface area contributed by atoms with Crippen LogP contribution in [0.3, 0.4) is 0 Å². The molecule has 0 saturated carbocycles. The fraction of sp³-hybridized carbons (Fsp3) is 0.0556. The first-order valence-corrected chi connectivity index (χ1v) is 8.98. The molecular formula is C18H17N3O2S. The van der Waals surface area contributed by atoms with Crippen LogP contribution in [0.2, 0.25) is 0 Å². The van der Waals surface area contributed by atoms with Crippen LogP contribution in [-0.4, -0.2) is 18.0 Å². The molecular weight excluding hydrogens is 322 g/mol. The molecule has 0 atom stereocenters. The maximum atomic E-state index is 12.2. The molecule has 6 heteroatoms. The summed E-state index contributed by atoms with van der Waals surface area (Å²) in [6, 6.07) is 16.9. The molecule has 0 unspecified atom stereocenters. The second-order valence-corrected chi connectivity index (χ2v) is 6.83. The highest BCUT2D eigenvalue weighted by molar-refractivity contribution is 7.92. The summed E-state index contributed by atoms with van der Waals surface area (Å²) in [6.45, 7) is 0.204. The number of para-hydroxylation sites is 1. The Bertz CT molecular complexity index is 918. The van der Waals surface area contributed by atoms with E-state index in [1.807, 2.05) is 65.4 Å². The predicted octanol–water partition coefficient (Wildman–Crippen LogP) is 2.96. The standard InChI is InChI=1S/C18H17N3O2S/c22-24(23,13-10-16-6-2-1-3-7-16)20-14-17-8-4-5-9-18(17)21-12-11-19-15-21/h1-13,15,20H,14H2/b13-10+. The van der Waals surface area contributed by atoms with Crippen molar-refractivity contribution in [2.75, 3.05) is 0 Å². The van der Waals surface area contributed by atoms with Crippen LogP contribution in [-0.2, 0) is 16.6 Å². The lowest BCUT2D eigenvalue weighted by Crippen LogP contribution is -2.21. The number of benzene rings is 2. The largest absolute Gasteiger partial charge is 0.306 e. The Labute approximate surface area is 141 Å². The number of rotatable bonds is 6. The molecule has 0 fully saturated rings. The van der Waals surface area contributed by atoms with Crippen molar-refractivity contribution in [3.8, 4) is 5.69 Å². The molecule has 0 saturated heterocycles. The Balaban J connectivity index is 1.73. The molecule has 3 rings (SSSR count). The van der Waals surface area contributed by atoms with Gasteiger partial charge >= 0.3 is 0 Å². The summed E-state index contributed by atoms with van der Waals surface area (Å²) in [4.78, 5) is 4.02. The zero-order valence-corrected chi connectivity index (χ0v) is 13.7. The molecule has 24 heavy (non-hydrogen) atoms. The summed E-state index contributed by atoms with van der Waals surface area (Å²) in [5, 5.41) is 1.18. The van der Waals surface area contributed by atoms with Crippen LogP contribution in [0.1, 0.15) is 11.1 Å². The normalized spacial score (nSPS) is 11.8. The van der Waals surface area contributed by atoms with Crippen molar-refractivity contribution >= 4 is 16.1 Å². The zero-order chi connectivity index (χ0) is 16.8. The number of sulfonamides is 1. The first-order valence-electron chi connectivity index (χ1n) is 7.43. The lowest BCUT2D eigenvalue weighted by atomic mass is 10.2. The summed E-state index contributed by atoms with van der Waals surface area (Å²) < 4.78 is 28.8. The summed E-state index contributed by atoms with van der Waals surface area (Å²) in [5.74, 6) is 0. The van der Waals surface area contributed by atoms with Crippen LogP contribution in [0.4, 0.5) is 0 Å². The average molecular weight is 339 g/mol. The van der Waals surface area contributed by atoms with Gasteiger partial charge in [-0.1, -0.05) is 48.5 Å². The Morgan fingerprint density at radius 3 is 2.54 bits per heavy atom. The van der Waals surface area contributed by atoms with Crippen molar-refractivity contribution in [1.29, 1.82) is 0 Å². The van der Waals surface area contributed by atoms with Crippen LogP contribution in [0.15, 0.2) is 78.7 Å². The smallest absolute Gasteiger partial charge is 0.234 e. The Morgan fingerprint density at radius 1 is 1.04 bits per heavy atom. The second-order valence-electron chi connectivity index (χ2n) is 5.18. The van der Waals surface area contributed by atoms with Gasteiger partial charge in [-0.3, -0.25) is 0 Å². The van der Waals surface area contributed by atoms with Gasteiger partial charge in [-0.15, -0.1) is 0 Å². The van der Waals surface area contributed by atoms with Crippen LogP contribution in [0.5, 0.6) is 0 Å². The minimum Gasteiger partial charge on any atom is -0.306 e. The van der Waals surface area contributed by atoms with Crippen molar-refractivity contribution in [2.24, 2.45) is 0 Å². The van der Waals surface area contributed by atoms with E-state index in [9.17, 15) is 8.42 Å². The van der Waals surface area contributed by atoms with Crippen molar-refractivity contribution < 1.29 is 8.42 Å². The van der Waals surface area contributed by atoms with E-state index in [1.54, 1.807) is 18.6 Å². The second kappa shape index (κ2) is 7.25. The predicted molar refractivity (Wildman–Crippen MR) is 94.8 cm³/mol. The van der Waals surface area contributed by atoms with Gasteiger partial charge in [0.05, 0.1) is 12.0 Å². The molecule has 0 radical (unpaired) electrons. The minimum atomic E-state index is -3.52. The Kier molecular flexibility index (Phi) is 4.88. The number of imidazole rings is 1. The number of hydrogen-bond acceptors (Lipinski definition) is 3. The molecule has 1 aromatic heterocycles. The minimum absolute atomic E-state index is 0.204. The first-order chi connectivity index (χ1) is 11.6. The SMILES string of the molecule is O=S(=O)(/C=C/c1ccccc1)NCc1ccccc1-n1ccnc1.